The van der Waals surface area contributed by atoms with Gasteiger partial charge in [-0.25, -0.2) is 5.84 Å². The minimum Gasteiger partial charge on any atom is -0.263 e. The number of rotatable bonds is 1. The first-order chi connectivity index (χ1) is 8.60. The van der Waals surface area contributed by atoms with Crippen molar-refractivity contribution < 1.29 is 21.6 Å². The molecular weight excluding hydrogens is 307 g/mol. The third-order valence-electron chi connectivity index (χ3n) is 2.32. The van der Waals surface area contributed by atoms with Gasteiger partial charge in [-0.1, -0.05) is 11.6 Å². The normalized spacial score (nSPS) is 17.9. The highest BCUT2D eigenvalue weighted by Gasteiger charge is 2.37. The quantitative estimate of drug-likeness (QED) is 0.805. The van der Waals surface area contributed by atoms with Crippen molar-refractivity contribution >= 4 is 33.1 Å². The van der Waals surface area contributed by atoms with E-state index in [0.717, 1.165) is 6.07 Å². The van der Waals surface area contributed by atoms with Gasteiger partial charge in [0.05, 0.1) is 5.69 Å². The maximum absolute atomic E-state index is 12.3. The van der Waals surface area contributed by atoms with E-state index in [1.807, 2.05) is 0 Å². The van der Waals surface area contributed by atoms with Gasteiger partial charge in [0.2, 0.25) is 0 Å². The highest BCUT2D eigenvalue weighted by molar-refractivity contribution is 7.90. The van der Waals surface area contributed by atoms with Crippen molar-refractivity contribution in [3.8, 4) is 0 Å². The zero-order chi connectivity index (χ0) is 14.4. The Morgan fingerprint density at radius 2 is 2.00 bits per heavy atom. The molecule has 0 aromatic heterocycles. The van der Waals surface area contributed by atoms with Crippen molar-refractivity contribution in [1.29, 1.82) is 0 Å². The van der Waals surface area contributed by atoms with E-state index >= 15 is 0 Å². The van der Waals surface area contributed by atoms with Gasteiger partial charge in [-0.3, -0.25) is 5.01 Å². The van der Waals surface area contributed by atoms with E-state index < -0.39 is 28.5 Å². The number of hydrazine groups is 1. The summed E-state index contributed by atoms with van der Waals surface area (Å²) in [6, 6.07) is 3.63. The van der Waals surface area contributed by atoms with Gasteiger partial charge in [0.25, 0.3) is 10.0 Å². The average Bonchev–Trinajstić information content (AvgIpc) is 2.23. The largest absolute Gasteiger partial charge is 0.396 e. The van der Waals surface area contributed by atoms with Crippen LogP contribution in [0.25, 0.3) is 0 Å². The molecule has 5 nitrogen and oxygen atoms in total. The first-order valence-electron chi connectivity index (χ1n) is 4.85. The van der Waals surface area contributed by atoms with Crippen molar-refractivity contribution in [3.05, 3.63) is 23.2 Å². The number of anilines is 1. The van der Waals surface area contributed by atoms with Crippen molar-refractivity contribution in [2.45, 2.75) is 17.5 Å². The number of hydrogen-bond acceptors (Lipinski definition) is 4. The standard InChI is InChI=1S/C9H7ClF3N3O2S/c10-5-1-2-6-7(3-5)19(17,18)15-8(16(6)14)4-9(11,12)13/h1-3H,4,14H2. The second-order valence-electron chi connectivity index (χ2n) is 3.76. The SMILES string of the molecule is NN1C(CC(F)(F)F)=NS(=O)(=O)c2cc(Cl)ccc21. The van der Waals surface area contributed by atoms with E-state index in [-0.39, 0.29) is 15.6 Å². The van der Waals surface area contributed by atoms with Gasteiger partial charge in [0, 0.05) is 5.02 Å². The highest BCUT2D eigenvalue weighted by Crippen LogP contribution is 2.34. The summed E-state index contributed by atoms with van der Waals surface area (Å²) in [7, 11) is -4.24. The second-order valence-corrected chi connectivity index (χ2v) is 5.77. The Labute approximate surface area is 111 Å². The highest BCUT2D eigenvalue weighted by atomic mass is 35.5. The molecule has 1 aromatic rings. The topological polar surface area (TPSA) is 75.8 Å². The lowest BCUT2D eigenvalue weighted by molar-refractivity contribution is -0.121. The van der Waals surface area contributed by atoms with Gasteiger partial charge in [0.15, 0.2) is 0 Å². The zero-order valence-electron chi connectivity index (χ0n) is 9.15. The predicted molar refractivity (Wildman–Crippen MR) is 63.4 cm³/mol. The minimum absolute atomic E-state index is 0.0985. The Hall–Kier alpha value is -1.32. The summed E-state index contributed by atoms with van der Waals surface area (Å²) >= 11 is 5.64. The van der Waals surface area contributed by atoms with Crippen LogP contribution in [0.2, 0.25) is 5.02 Å². The van der Waals surface area contributed by atoms with Gasteiger partial charge >= 0.3 is 6.18 Å². The number of sulfonamides is 1. The molecule has 104 valence electrons. The molecule has 10 heteroatoms. The molecule has 1 heterocycles. The fourth-order valence-electron chi connectivity index (χ4n) is 1.56. The Balaban J connectivity index is 2.56. The molecule has 0 spiro atoms. The number of nitrogens with two attached hydrogens (primary N) is 1. The molecule has 0 saturated heterocycles. The van der Waals surface area contributed by atoms with Gasteiger partial charge in [0.1, 0.15) is 17.2 Å². The summed E-state index contributed by atoms with van der Waals surface area (Å²) in [4.78, 5) is -0.326. The molecule has 0 saturated carbocycles. The maximum atomic E-state index is 12.3. The molecule has 0 bridgehead atoms. The minimum atomic E-state index is -4.62. The van der Waals surface area contributed by atoms with Gasteiger partial charge in [-0.15, -0.1) is 4.40 Å². The van der Waals surface area contributed by atoms with Crippen LogP contribution in [-0.2, 0) is 10.0 Å². The molecule has 1 aliphatic heterocycles. The first kappa shape index (κ1) is 14.1. The lowest BCUT2D eigenvalue weighted by Crippen LogP contribution is -2.43. The van der Waals surface area contributed by atoms with Crippen LogP contribution >= 0.6 is 11.6 Å². The van der Waals surface area contributed by atoms with Gasteiger partial charge in [-0.05, 0) is 18.2 Å². The number of alkyl halides is 3. The van der Waals surface area contributed by atoms with E-state index in [9.17, 15) is 21.6 Å². The summed E-state index contributed by atoms with van der Waals surface area (Å²) < 4.78 is 63.6. The molecule has 2 rings (SSSR count). The van der Waals surface area contributed by atoms with Crippen LogP contribution in [0.5, 0.6) is 0 Å². The Kier molecular flexibility index (Phi) is 3.23. The van der Waals surface area contributed by atoms with Crippen LogP contribution in [0.1, 0.15) is 6.42 Å². The summed E-state index contributed by atoms with van der Waals surface area (Å²) in [6.45, 7) is 0. The van der Waals surface area contributed by atoms with Crippen LogP contribution in [0, 0.1) is 0 Å². The predicted octanol–water partition coefficient (Wildman–Crippen LogP) is 2.07. The molecule has 0 unspecified atom stereocenters. The van der Waals surface area contributed by atoms with Crippen molar-refractivity contribution in [1.82, 2.24) is 0 Å². The molecule has 1 aromatic carbocycles. The van der Waals surface area contributed by atoms with E-state index in [0.29, 0.717) is 5.01 Å². The molecular formula is C9H7ClF3N3O2S. The van der Waals surface area contributed by atoms with E-state index in [1.54, 1.807) is 0 Å². The van der Waals surface area contributed by atoms with Crippen molar-refractivity contribution in [2.24, 2.45) is 10.2 Å². The Morgan fingerprint density at radius 3 is 2.58 bits per heavy atom. The number of amidine groups is 1. The van der Waals surface area contributed by atoms with Crippen LogP contribution in [0.4, 0.5) is 18.9 Å². The number of benzene rings is 1. The average molecular weight is 314 g/mol. The monoisotopic (exact) mass is 313 g/mol. The smallest absolute Gasteiger partial charge is 0.263 e. The van der Waals surface area contributed by atoms with Crippen LogP contribution in [0.15, 0.2) is 27.5 Å². The third-order valence-corrected chi connectivity index (χ3v) is 3.89. The zero-order valence-corrected chi connectivity index (χ0v) is 10.7. The van der Waals surface area contributed by atoms with Gasteiger partial charge in [-0.2, -0.15) is 21.6 Å². The fourth-order valence-corrected chi connectivity index (χ4v) is 3.03. The summed E-state index contributed by atoms with van der Waals surface area (Å²) in [5.74, 6) is 4.67. The molecule has 0 atom stereocenters. The van der Waals surface area contributed by atoms with E-state index in [4.69, 9.17) is 17.4 Å². The summed E-state index contributed by atoms with van der Waals surface area (Å²) in [6.07, 6.45) is -6.15. The number of fused-ring (bicyclic) bond motifs is 1. The molecule has 19 heavy (non-hydrogen) atoms. The lowest BCUT2D eigenvalue weighted by Gasteiger charge is -2.27. The molecule has 0 fully saturated rings. The first-order valence-corrected chi connectivity index (χ1v) is 6.67. The lowest BCUT2D eigenvalue weighted by atomic mass is 10.3. The maximum Gasteiger partial charge on any atom is 0.396 e. The fraction of sp³-hybridized carbons (Fsp3) is 0.222. The van der Waals surface area contributed by atoms with Crippen molar-refractivity contribution in [3.63, 3.8) is 0 Å². The number of hydrogen-bond donors (Lipinski definition) is 1. The molecule has 0 aliphatic carbocycles. The molecule has 1 aliphatic rings. The van der Waals surface area contributed by atoms with Crippen LogP contribution < -0.4 is 10.9 Å². The van der Waals surface area contributed by atoms with Crippen LogP contribution in [-0.4, -0.2) is 20.4 Å². The molecule has 2 N–H and O–H groups in total. The Bertz CT molecular complexity index is 657. The Morgan fingerprint density at radius 1 is 1.37 bits per heavy atom. The van der Waals surface area contributed by atoms with Gasteiger partial charge < -0.3 is 0 Å². The number of nitrogens with zero attached hydrogens (tertiary/aromatic N) is 2. The van der Waals surface area contributed by atoms with E-state index in [2.05, 4.69) is 4.40 Å². The van der Waals surface area contributed by atoms with E-state index in [1.165, 1.54) is 12.1 Å². The molecule has 0 amide bonds. The van der Waals surface area contributed by atoms with Crippen LogP contribution in [0.3, 0.4) is 0 Å². The third kappa shape index (κ3) is 2.82. The number of halogens is 4. The summed E-state index contributed by atoms with van der Waals surface area (Å²) in [5, 5.41) is 0.713. The van der Waals surface area contributed by atoms with Crippen molar-refractivity contribution in [2.75, 3.05) is 5.01 Å². The second kappa shape index (κ2) is 4.36. The molecule has 0 radical (unpaired) electrons. The summed E-state index contributed by atoms with van der Waals surface area (Å²) in [5.41, 5.74) is -0.0985.